The van der Waals surface area contributed by atoms with Crippen molar-refractivity contribution in [2.75, 3.05) is 0 Å². The second-order valence-electron chi connectivity index (χ2n) is 4.15. The van der Waals surface area contributed by atoms with Crippen molar-refractivity contribution in [2.24, 2.45) is 11.3 Å². The molecule has 0 unspecified atom stereocenters. The summed E-state index contributed by atoms with van der Waals surface area (Å²) in [7, 11) is 0. The molecule has 1 nitrogen and oxygen atoms in total. The van der Waals surface area contributed by atoms with Crippen LogP contribution in [0, 0.1) is 11.3 Å². The van der Waals surface area contributed by atoms with Crippen molar-refractivity contribution >= 4 is 16.8 Å². The maximum absolute atomic E-state index is 11.3. The normalized spacial score (nSPS) is 22.7. The zero-order valence-corrected chi connectivity index (χ0v) is 8.66. The molecular weight excluding hydrogens is 172 g/mol. The third kappa shape index (κ3) is 1.66. The van der Waals surface area contributed by atoms with E-state index < -0.39 is 0 Å². The van der Waals surface area contributed by atoms with Crippen molar-refractivity contribution in [1.82, 2.24) is 0 Å². The van der Waals surface area contributed by atoms with Gasteiger partial charge >= 0.3 is 0 Å². The van der Waals surface area contributed by atoms with E-state index >= 15 is 0 Å². The summed E-state index contributed by atoms with van der Waals surface area (Å²) in [6, 6.07) is 0. The minimum absolute atomic E-state index is 0.114. The third-order valence-corrected chi connectivity index (χ3v) is 3.62. The second kappa shape index (κ2) is 3.78. The molecule has 0 aromatic carbocycles. The molecule has 0 atom stereocenters. The number of halogens is 1. The molecule has 0 radical (unpaired) electrons. The summed E-state index contributed by atoms with van der Waals surface area (Å²) in [4.78, 5) is 11.3. The monoisotopic (exact) mass is 188 g/mol. The van der Waals surface area contributed by atoms with E-state index in [9.17, 15) is 4.79 Å². The van der Waals surface area contributed by atoms with Gasteiger partial charge in [0.25, 0.3) is 0 Å². The zero-order valence-electron chi connectivity index (χ0n) is 7.90. The van der Waals surface area contributed by atoms with Crippen molar-refractivity contribution < 1.29 is 4.79 Å². The number of hydrogen-bond donors (Lipinski definition) is 0. The van der Waals surface area contributed by atoms with E-state index in [2.05, 4.69) is 13.8 Å². The van der Waals surface area contributed by atoms with E-state index in [1.165, 1.54) is 6.42 Å². The summed E-state index contributed by atoms with van der Waals surface area (Å²) in [5.74, 6) is 0.391. The van der Waals surface area contributed by atoms with Crippen molar-refractivity contribution in [3.63, 3.8) is 0 Å². The average molecular weight is 189 g/mol. The van der Waals surface area contributed by atoms with Crippen LogP contribution in [0.5, 0.6) is 0 Å². The molecule has 0 saturated heterocycles. The summed E-state index contributed by atoms with van der Waals surface area (Å²) in [5, 5.41) is -0.114. The van der Waals surface area contributed by atoms with Gasteiger partial charge in [-0.05, 0) is 30.4 Å². The summed E-state index contributed by atoms with van der Waals surface area (Å²) in [6.07, 6.45) is 5.58. The first kappa shape index (κ1) is 10.0. The second-order valence-corrected chi connectivity index (χ2v) is 4.49. The highest BCUT2D eigenvalue weighted by atomic mass is 35.5. The SMILES string of the molecule is CC(C)C1(C(=O)Cl)CCCCC1. The maximum Gasteiger partial charge on any atom is 0.228 e. The Labute approximate surface area is 79.5 Å². The van der Waals surface area contributed by atoms with E-state index in [1.54, 1.807) is 0 Å². The Balaban J connectivity index is 2.77. The number of hydrogen-bond acceptors (Lipinski definition) is 1. The summed E-state index contributed by atoms with van der Waals surface area (Å²) in [5.41, 5.74) is -0.195. The molecule has 12 heavy (non-hydrogen) atoms. The van der Waals surface area contributed by atoms with Gasteiger partial charge in [-0.2, -0.15) is 0 Å². The Morgan fingerprint density at radius 1 is 1.25 bits per heavy atom. The fourth-order valence-electron chi connectivity index (χ4n) is 2.18. The van der Waals surface area contributed by atoms with Gasteiger partial charge in [-0.25, -0.2) is 0 Å². The highest BCUT2D eigenvalue weighted by Crippen LogP contribution is 2.44. The minimum atomic E-state index is -0.195. The molecule has 0 aliphatic heterocycles. The van der Waals surface area contributed by atoms with Crippen LogP contribution in [-0.4, -0.2) is 5.24 Å². The van der Waals surface area contributed by atoms with E-state index in [4.69, 9.17) is 11.6 Å². The number of carbonyl (C=O) groups excluding carboxylic acids is 1. The quantitative estimate of drug-likeness (QED) is 0.608. The van der Waals surface area contributed by atoms with Crippen molar-refractivity contribution in [3.8, 4) is 0 Å². The van der Waals surface area contributed by atoms with Crippen LogP contribution in [0.15, 0.2) is 0 Å². The predicted octanol–water partition coefficient (Wildman–Crippen LogP) is 3.36. The van der Waals surface area contributed by atoms with E-state index in [-0.39, 0.29) is 10.7 Å². The van der Waals surface area contributed by atoms with Crippen molar-refractivity contribution in [2.45, 2.75) is 46.0 Å². The van der Waals surface area contributed by atoms with Crippen LogP contribution in [0.25, 0.3) is 0 Å². The molecular formula is C10H17ClO. The molecule has 1 fully saturated rings. The van der Waals surface area contributed by atoms with Gasteiger partial charge in [0, 0.05) is 5.41 Å². The van der Waals surface area contributed by atoms with Crippen molar-refractivity contribution in [3.05, 3.63) is 0 Å². The zero-order chi connectivity index (χ0) is 9.19. The first-order chi connectivity index (χ1) is 5.59. The first-order valence-electron chi connectivity index (χ1n) is 4.79. The van der Waals surface area contributed by atoms with Gasteiger partial charge < -0.3 is 0 Å². The maximum atomic E-state index is 11.3. The largest absolute Gasteiger partial charge is 0.281 e. The average Bonchev–Trinajstić information content (AvgIpc) is 2.05. The van der Waals surface area contributed by atoms with Gasteiger partial charge in [0.1, 0.15) is 0 Å². The van der Waals surface area contributed by atoms with Gasteiger partial charge in [-0.15, -0.1) is 0 Å². The molecule has 0 N–H and O–H groups in total. The molecule has 70 valence electrons. The van der Waals surface area contributed by atoms with E-state index in [0.717, 1.165) is 25.7 Å². The molecule has 0 bridgehead atoms. The van der Waals surface area contributed by atoms with Gasteiger partial charge in [0.2, 0.25) is 5.24 Å². The summed E-state index contributed by atoms with van der Waals surface area (Å²) >= 11 is 5.67. The molecule has 2 heteroatoms. The van der Waals surface area contributed by atoms with Gasteiger partial charge in [-0.3, -0.25) is 4.79 Å². The third-order valence-electron chi connectivity index (χ3n) is 3.24. The predicted molar refractivity (Wildman–Crippen MR) is 51.2 cm³/mol. The van der Waals surface area contributed by atoms with Crippen LogP contribution in [0.4, 0.5) is 0 Å². The smallest absolute Gasteiger partial charge is 0.228 e. The van der Waals surface area contributed by atoms with Crippen LogP contribution >= 0.6 is 11.6 Å². The van der Waals surface area contributed by atoms with E-state index in [1.807, 2.05) is 0 Å². The Morgan fingerprint density at radius 2 is 1.75 bits per heavy atom. The number of rotatable bonds is 2. The fourth-order valence-corrected chi connectivity index (χ4v) is 2.59. The number of carbonyl (C=O) groups is 1. The van der Waals surface area contributed by atoms with Crippen LogP contribution in [0.1, 0.15) is 46.0 Å². The highest BCUT2D eigenvalue weighted by Gasteiger charge is 2.40. The fraction of sp³-hybridized carbons (Fsp3) is 0.900. The van der Waals surface area contributed by atoms with Crippen molar-refractivity contribution in [1.29, 1.82) is 0 Å². The standard InChI is InChI=1S/C10H17ClO/c1-8(2)10(9(11)12)6-4-3-5-7-10/h8H,3-7H2,1-2H3. The molecule has 0 spiro atoms. The van der Waals surface area contributed by atoms with Crippen LogP contribution in [-0.2, 0) is 4.79 Å². The summed E-state index contributed by atoms with van der Waals surface area (Å²) < 4.78 is 0. The van der Waals surface area contributed by atoms with Gasteiger partial charge in [0.05, 0.1) is 0 Å². The minimum Gasteiger partial charge on any atom is -0.281 e. The Hall–Kier alpha value is -0.0400. The molecule has 1 saturated carbocycles. The van der Waals surface area contributed by atoms with Crippen LogP contribution < -0.4 is 0 Å². The summed E-state index contributed by atoms with van der Waals surface area (Å²) in [6.45, 7) is 4.21. The molecule has 1 rings (SSSR count). The molecule has 0 amide bonds. The first-order valence-corrected chi connectivity index (χ1v) is 5.17. The molecule has 1 aliphatic carbocycles. The molecule has 0 aromatic heterocycles. The lowest BCUT2D eigenvalue weighted by Gasteiger charge is -2.37. The Morgan fingerprint density at radius 3 is 2.00 bits per heavy atom. The highest BCUT2D eigenvalue weighted by molar-refractivity contribution is 6.64. The lowest BCUT2D eigenvalue weighted by Crippen LogP contribution is -2.35. The molecule has 0 heterocycles. The van der Waals surface area contributed by atoms with Crippen LogP contribution in [0.2, 0.25) is 0 Å². The Bertz CT molecular complexity index is 169. The lowest BCUT2D eigenvalue weighted by molar-refractivity contribution is -0.125. The van der Waals surface area contributed by atoms with E-state index in [0.29, 0.717) is 5.92 Å². The molecule has 0 aromatic rings. The molecule has 1 aliphatic rings. The topological polar surface area (TPSA) is 17.1 Å². The lowest BCUT2D eigenvalue weighted by atomic mass is 9.68. The Kier molecular flexibility index (Phi) is 3.16. The van der Waals surface area contributed by atoms with Gasteiger partial charge in [0.15, 0.2) is 0 Å². The van der Waals surface area contributed by atoms with Crippen LogP contribution in [0.3, 0.4) is 0 Å². The van der Waals surface area contributed by atoms with Gasteiger partial charge in [-0.1, -0.05) is 33.1 Å².